The third kappa shape index (κ3) is 4.70. The van der Waals surface area contributed by atoms with E-state index in [2.05, 4.69) is 5.32 Å². The maximum atomic E-state index is 11.8. The number of methoxy groups -OCH3 is 1. The number of amides is 1. The van der Waals surface area contributed by atoms with E-state index >= 15 is 0 Å². The summed E-state index contributed by atoms with van der Waals surface area (Å²) in [7, 11) is 1.57. The average Bonchev–Trinajstić information content (AvgIpc) is 2.58. The molecule has 5 heteroatoms. The molecule has 0 unspecified atom stereocenters. The van der Waals surface area contributed by atoms with Crippen LogP contribution in [0.4, 0.5) is 0 Å². The van der Waals surface area contributed by atoms with Crippen LogP contribution in [0.25, 0.3) is 0 Å². The first-order valence-corrected chi connectivity index (χ1v) is 8.11. The highest BCUT2D eigenvalue weighted by atomic mass is 32.2. The van der Waals surface area contributed by atoms with E-state index in [9.17, 15) is 4.79 Å². The number of para-hydroxylation sites is 2. The first-order valence-electron chi connectivity index (χ1n) is 6.88. The van der Waals surface area contributed by atoms with Gasteiger partial charge in [-0.3, -0.25) is 4.79 Å². The third-order valence-electron chi connectivity index (χ3n) is 3.08. The van der Waals surface area contributed by atoms with Crippen LogP contribution in [0, 0.1) is 0 Å². The van der Waals surface area contributed by atoms with E-state index in [1.807, 2.05) is 42.7 Å². The van der Waals surface area contributed by atoms with Crippen LogP contribution in [0.3, 0.4) is 0 Å². The molecule has 0 bridgehead atoms. The summed E-state index contributed by atoms with van der Waals surface area (Å²) in [6.07, 6.45) is 2.03. The largest absolute Gasteiger partial charge is 0.493 e. The Bertz CT molecular complexity index is 614. The van der Waals surface area contributed by atoms with Crippen LogP contribution >= 0.6 is 11.8 Å². The number of hydrogen-bond donors (Lipinski definition) is 1. The maximum absolute atomic E-state index is 11.8. The third-order valence-corrected chi connectivity index (χ3v) is 3.82. The van der Waals surface area contributed by atoms with Gasteiger partial charge in [0.1, 0.15) is 0 Å². The van der Waals surface area contributed by atoms with Crippen LogP contribution < -0.4 is 14.8 Å². The number of ether oxygens (including phenoxy) is 2. The number of benzene rings is 2. The first kappa shape index (κ1) is 16.2. The van der Waals surface area contributed by atoms with Crippen molar-refractivity contribution < 1.29 is 14.3 Å². The lowest BCUT2D eigenvalue weighted by Crippen LogP contribution is -2.28. The molecule has 0 atom stereocenters. The Morgan fingerprint density at radius 2 is 1.77 bits per heavy atom. The number of thioether (sulfide) groups is 1. The lowest BCUT2D eigenvalue weighted by Gasteiger charge is -2.10. The summed E-state index contributed by atoms with van der Waals surface area (Å²) in [5, 5.41) is 2.83. The zero-order chi connectivity index (χ0) is 15.8. The molecule has 1 amide bonds. The summed E-state index contributed by atoms with van der Waals surface area (Å²) in [5.41, 5.74) is 1.06. The Labute approximate surface area is 134 Å². The fourth-order valence-electron chi connectivity index (χ4n) is 1.88. The Morgan fingerprint density at radius 1 is 1.09 bits per heavy atom. The van der Waals surface area contributed by atoms with E-state index in [0.717, 1.165) is 5.56 Å². The highest BCUT2D eigenvalue weighted by Crippen LogP contribution is 2.25. The van der Waals surface area contributed by atoms with Gasteiger partial charge < -0.3 is 14.8 Å². The maximum Gasteiger partial charge on any atom is 0.258 e. The van der Waals surface area contributed by atoms with Crippen LogP contribution in [-0.4, -0.2) is 25.9 Å². The zero-order valence-electron chi connectivity index (χ0n) is 12.7. The molecule has 4 nitrogen and oxygen atoms in total. The second-order valence-corrected chi connectivity index (χ2v) is 5.44. The molecule has 116 valence electrons. The second-order valence-electron chi connectivity index (χ2n) is 4.56. The summed E-state index contributed by atoms with van der Waals surface area (Å²) in [6, 6.07) is 15.3. The molecule has 0 aliphatic rings. The van der Waals surface area contributed by atoms with Crippen molar-refractivity contribution in [3.8, 4) is 11.5 Å². The minimum absolute atomic E-state index is 0.0384. The van der Waals surface area contributed by atoms with Gasteiger partial charge in [0.15, 0.2) is 18.1 Å². The number of hydrogen-bond acceptors (Lipinski definition) is 4. The minimum atomic E-state index is -0.167. The standard InChI is InChI=1S/C17H19NO3S/c1-20-15-5-3-4-6-16(15)21-12-17(19)18-11-13-7-9-14(22-2)10-8-13/h3-10H,11-12H2,1-2H3,(H,18,19). The molecule has 0 radical (unpaired) electrons. The fourth-order valence-corrected chi connectivity index (χ4v) is 2.28. The summed E-state index contributed by atoms with van der Waals surface area (Å²) < 4.78 is 10.6. The van der Waals surface area contributed by atoms with Gasteiger partial charge in [0.2, 0.25) is 0 Å². The minimum Gasteiger partial charge on any atom is -0.493 e. The zero-order valence-corrected chi connectivity index (χ0v) is 13.5. The topological polar surface area (TPSA) is 47.6 Å². The van der Waals surface area contributed by atoms with E-state index < -0.39 is 0 Å². The molecule has 2 rings (SSSR count). The molecule has 0 spiro atoms. The first-order chi connectivity index (χ1) is 10.7. The normalized spacial score (nSPS) is 10.1. The van der Waals surface area contributed by atoms with Gasteiger partial charge >= 0.3 is 0 Å². The molecule has 1 N–H and O–H groups in total. The van der Waals surface area contributed by atoms with Crippen molar-refractivity contribution in [2.24, 2.45) is 0 Å². The van der Waals surface area contributed by atoms with Crippen LogP contribution in [0.5, 0.6) is 11.5 Å². The molecule has 2 aromatic rings. The molecule has 0 heterocycles. The summed E-state index contributed by atoms with van der Waals surface area (Å²) in [4.78, 5) is 13.0. The van der Waals surface area contributed by atoms with Gasteiger partial charge in [-0.05, 0) is 36.1 Å². The number of carbonyl (C=O) groups excluding carboxylic acids is 1. The van der Waals surface area contributed by atoms with E-state index in [0.29, 0.717) is 18.0 Å². The Balaban J connectivity index is 1.80. The number of carbonyl (C=O) groups is 1. The number of nitrogens with one attached hydrogen (secondary N) is 1. The Morgan fingerprint density at radius 3 is 2.41 bits per heavy atom. The molecule has 0 aliphatic carbocycles. The van der Waals surface area contributed by atoms with Crippen LogP contribution in [0.2, 0.25) is 0 Å². The van der Waals surface area contributed by atoms with Crippen LogP contribution in [0.1, 0.15) is 5.56 Å². The van der Waals surface area contributed by atoms with E-state index in [1.165, 1.54) is 4.90 Å². The lowest BCUT2D eigenvalue weighted by molar-refractivity contribution is -0.123. The van der Waals surface area contributed by atoms with Crippen molar-refractivity contribution in [2.75, 3.05) is 20.0 Å². The van der Waals surface area contributed by atoms with Gasteiger partial charge in [-0.25, -0.2) is 0 Å². The van der Waals surface area contributed by atoms with Gasteiger partial charge in [0.05, 0.1) is 7.11 Å². The molecule has 0 saturated carbocycles. The molecule has 0 fully saturated rings. The van der Waals surface area contributed by atoms with Crippen molar-refractivity contribution in [3.05, 3.63) is 54.1 Å². The highest BCUT2D eigenvalue weighted by molar-refractivity contribution is 7.98. The van der Waals surface area contributed by atoms with E-state index in [1.54, 1.807) is 31.0 Å². The molecule has 0 aromatic heterocycles. The van der Waals surface area contributed by atoms with Gasteiger partial charge in [-0.1, -0.05) is 24.3 Å². The monoisotopic (exact) mass is 317 g/mol. The van der Waals surface area contributed by atoms with E-state index in [-0.39, 0.29) is 12.5 Å². The van der Waals surface area contributed by atoms with E-state index in [4.69, 9.17) is 9.47 Å². The molecular weight excluding hydrogens is 298 g/mol. The van der Waals surface area contributed by atoms with Gasteiger partial charge in [0, 0.05) is 11.4 Å². The highest BCUT2D eigenvalue weighted by Gasteiger charge is 2.06. The average molecular weight is 317 g/mol. The Hall–Kier alpha value is -2.14. The van der Waals surface area contributed by atoms with Crippen molar-refractivity contribution in [1.82, 2.24) is 5.32 Å². The number of rotatable bonds is 7. The summed E-state index contributed by atoms with van der Waals surface area (Å²) in [6.45, 7) is 0.450. The molecule has 2 aromatic carbocycles. The summed E-state index contributed by atoms with van der Waals surface area (Å²) >= 11 is 1.69. The quantitative estimate of drug-likeness (QED) is 0.797. The predicted octanol–water partition coefficient (Wildman–Crippen LogP) is 3.11. The van der Waals surface area contributed by atoms with Gasteiger partial charge in [0.25, 0.3) is 5.91 Å². The van der Waals surface area contributed by atoms with Crippen molar-refractivity contribution in [3.63, 3.8) is 0 Å². The van der Waals surface area contributed by atoms with Crippen molar-refractivity contribution in [2.45, 2.75) is 11.4 Å². The molecule has 0 saturated heterocycles. The molecule has 0 aliphatic heterocycles. The van der Waals surface area contributed by atoms with Crippen LogP contribution in [0.15, 0.2) is 53.4 Å². The van der Waals surface area contributed by atoms with Crippen molar-refractivity contribution >= 4 is 17.7 Å². The van der Waals surface area contributed by atoms with Crippen LogP contribution in [-0.2, 0) is 11.3 Å². The Kier molecular flexibility index (Phi) is 6.15. The second kappa shape index (κ2) is 8.34. The predicted molar refractivity (Wildman–Crippen MR) is 88.6 cm³/mol. The smallest absolute Gasteiger partial charge is 0.258 e. The van der Waals surface area contributed by atoms with Gasteiger partial charge in [-0.2, -0.15) is 0 Å². The lowest BCUT2D eigenvalue weighted by atomic mass is 10.2. The fraction of sp³-hybridized carbons (Fsp3) is 0.235. The molecule has 22 heavy (non-hydrogen) atoms. The molecular formula is C17H19NO3S. The summed E-state index contributed by atoms with van der Waals surface area (Å²) in [5.74, 6) is 1.01. The van der Waals surface area contributed by atoms with Crippen molar-refractivity contribution in [1.29, 1.82) is 0 Å². The van der Waals surface area contributed by atoms with Gasteiger partial charge in [-0.15, -0.1) is 11.8 Å². The SMILES string of the molecule is COc1ccccc1OCC(=O)NCc1ccc(SC)cc1.